The summed E-state index contributed by atoms with van der Waals surface area (Å²) in [4.78, 5) is 22.3. The molecule has 0 amide bonds. The number of aromatic nitrogens is 4. The number of hydrogen-bond donors (Lipinski definition) is 2. The fraction of sp³-hybridized carbons (Fsp3) is 0.261. The average Bonchev–Trinajstić information content (AvgIpc) is 3.25. The van der Waals surface area contributed by atoms with Crippen molar-refractivity contribution in [1.29, 1.82) is 0 Å². The Kier molecular flexibility index (Phi) is 8.71. The molecule has 11 heteroatoms. The summed E-state index contributed by atoms with van der Waals surface area (Å²) in [6.45, 7) is 2.34. The third-order valence-electron chi connectivity index (χ3n) is 5.89. The SMILES string of the molecule is Cl.Cl.O=c1[nH]c(NCc2ccc(Cl)c(Cl)c2)cc2cnn(C3CCN(c4ccncc4)CC3)c12. The van der Waals surface area contributed by atoms with Gasteiger partial charge in [0, 0.05) is 43.1 Å². The van der Waals surface area contributed by atoms with E-state index in [1.165, 1.54) is 5.69 Å². The number of anilines is 2. The second-order valence-electron chi connectivity index (χ2n) is 7.93. The Balaban J connectivity index is 0.00000162. The van der Waals surface area contributed by atoms with Gasteiger partial charge < -0.3 is 15.2 Å². The molecule has 0 saturated carbocycles. The quantitative estimate of drug-likeness (QED) is 0.337. The maximum Gasteiger partial charge on any atom is 0.275 e. The smallest absolute Gasteiger partial charge is 0.275 e. The number of aromatic amines is 1. The van der Waals surface area contributed by atoms with Crippen molar-refractivity contribution in [3.8, 4) is 0 Å². The van der Waals surface area contributed by atoms with Gasteiger partial charge in [-0.1, -0.05) is 29.3 Å². The molecule has 1 aliphatic heterocycles. The van der Waals surface area contributed by atoms with Crippen molar-refractivity contribution >= 4 is 70.4 Å². The van der Waals surface area contributed by atoms with Gasteiger partial charge in [-0.25, -0.2) is 0 Å². The van der Waals surface area contributed by atoms with Crippen molar-refractivity contribution in [3.63, 3.8) is 0 Å². The molecule has 3 aromatic heterocycles. The van der Waals surface area contributed by atoms with Gasteiger partial charge in [0.2, 0.25) is 0 Å². The number of H-pyrrole nitrogens is 1. The first-order valence-corrected chi connectivity index (χ1v) is 11.3. The Hall–Kier alpha value is -2.45. The normalized spacial score (nSPS) is 13.9. The first kappa shape index (κ1) is 26.2. The van der Waals surface area contributed by atoms with E-state index in [9.17, 15) is 4.79 Å². The minimum Gasteiger partial charge on any atom is -0.371 e. The molecular formula is C23H24Cl4N6O. The van der Waals surface area contributed by atoms with Crippen LogP contribution in [0.4, 0.5) is 11.5 Å². The summed E-state index contributed by atoms with van der Waals surface area (Å²) in [5.74, 6) is 0.639. The minimum atomic E-state index is -0.145. The molecule has 7 nitrogen and oxygen atoms in total. The van der Waals surface area contributed by atoms with Crippen LogP contribution in [0.25, 0.3) is 10.9 Å². The molecule has 1 saturated heterocycles. The average molecular weight is 542 g/mol. The lowest BCUT2D eigenvalue weighted by atomic mass is 10.0. The summed E-state index contributed by atoms with van der Waals surface area (Å²) in [5.41, 5.74) is 2.62. The van der Waals surface area contributed by atoms with Gasteiger partial charge in [0.25, 0.3) is 5.56 Å². The van der Waals surface area contributed by atoms with Crippen LogP contribution in [-0.2, 0) is 6.54 Å². The van der Waals surface area contributed by atoms with E-state index in [1.807, 2.05) is 47.4 Å². The summed E-state index contributed by atoms with van der Waals surface area (Å²) in [7, 11) is 0. The molecule has 0 aliphatic carbocycles. The van der Waals surface area contributed by atoms with E-state index in [-0.39, 0.29) is 36.4 Å². The van der Waals surface area contributed by atoms with Crippen molar-refractivity contribution in [2.24, 2.45) is 0 Å². The third-order valence-corrected chi connectivity index (χ3v) is 6.63. The highest BCUT2D eigenvalue weighted by Crippen LogP contribution is 2.28. The standard InChI is InChI=1S/C23H22Cl2N6O.2ClH/c24-19-2-1-15(11-20(19)25)13-27-21-12-16-14-28-31(22(16)23(32)29-21)18-5-9-30(10-6-18)17-3-7-26-8-4-17;;/h1-4,7-8,11-12,14,18H,5-6,9-10,13H2,(H2,27,29,32);2*1H. The Morgan fingerprint density at radius 2 is 1.76 bits per heavy atom. The lowest BCUT2D eigenvalue weighted by Gasteiger charge is -2.33. The van der Waals surface area contributed by atoms with Crippen LogP contribution in [0.15, 0.2) is 59.8 Å². The monoisotopic (exact) mass is 540 g/mol. The topological polar surface area (TPSA) is 78.8 Å². The van der Waals surface area contributed by atoms with Crippen molar-refractivity contribution in [1.82, 2.24) is 19.7 Å². The molecule has 1 aliphatic rings. The molecule has 5 rings (SSSR count). The van der Waals surface area contributed by atoms with Gasteiger partial charge in [-0.05, 0) is 48.7 Å². The highest BCUT2D eigenvalue weighted by atomic mass is 35.5. The van der Waals surface area contributed by atoms with Gasteiger partial charge in [-0.2, -0.15) is 5.10 Å². The van der Waals surface area contributed by atoms with E-state index in [4.69, 9.17) is 23.2 Å². The second-order valence-corrected chi connectivity index (χ2v) is 8.75. The van der Waals surface area contributed by atoms with Crippen LogP contribution in [-0.4, -0.2) is 32.8 Å². The van der Waals surface area contributed by atoms with Crippen molar-refractivity contribution < 1.29 is 0 Å². The van der Waals surface area contributed by atoms with E-state index in [2.05, 4.69) is 25.3 Å². The zero-order valence-electron chi connectivity index (χ0n) is 18.1. The number of nitrogens with one attached hydrogen (secondary N) is 2. The van der Waals surface area contributed by atoms with Crippen LogP contribution in [0.2, 0.25) is 10.0 Å². The largest absolute Gasteiger partial charge is 0.371 e. The number of halogens is 4. The number of rotatable bonds is 5. The Bertz CT molecular complexity index is 1300. The number of benzene rings is 1. The van der Waals surface area contributed by atoms with Crippen LogP contribution in [0, 0.1) is 0 Å². The number of piperidine rings is 1. The van der Waals surface area contributed by atoms with E-state index in [0.29, 0.717) is 27.9 Å². The molecule has 2 N–H and O–H groups in total. The van der Waals surface area contributed by atoms with Gasteiger partial charge >= 0.3 is 0 Å². The van der Waals surface area contributed by atoms with E-state index in [1.54, 1.807) is 12.3 Å². The number of fused-ring (bicyclic) bond motifs is 1. The van der Waals surface area contributed by atoms with Gasteiger partial charge in [0.05, 0.1) is 22.3 Å². The van der Waals surface area contributed by atoms with Crippen LogP contribution in [0.3, 0.4) is 0 Å². The minimum absolute atomic E-state index is 0. The summed E-state index contributed by atoms with van der Waals surface area (Å²) < 4.78 is 1.89. The van der Waals surface area contributed by atoms with Crippen LogP contribution >= 0.6 is 48.0 Å². The number of nitrogens with zero attached hydrogens (tertiary/aromatic N) is 4. The molecule has 180 valence electrons. The molecule has 0 atom stereocenters. The molecule has 34 heavy (non-hydrogen) atoms. The maximum absolute atomic E-state index is 12.9. The van der Waals surface area contributed by atoms with E-state index < -0.39 is 0 Å². The molecule has 1 fully saturated rings. The van der Waals surface area contributed by atoms with Gasteiger partial charge in [0.1, 0.15) is 11.3 Å². The van der Waals surface area contributed by atoms with Crippen molar-refractivity contribution in [2.75, 3.05) is 23.3 Å². The van der Waals surface area contributed by atoms with Crippen molar-refractivity contribution in [3.05, 3.63) is 81.0 Å². The predicted molar refractivity (Wildman–Crippen MR) is 143 cm³/mol. The fourth-order valence-electron chi connectivity index (χ4n) is 4.23. The highest BCUT2D eigenvalue weighted by Gasteiger charge is 2.23. The van der Waals surface area contributed by atoms with Gasteiger partial charge in [-0.3, -0.25) is 14.5 Å². The second kappa shape index (κ2) is 11.3. The summed E-state index contributed by atoms with van der Waals surface area (Å²) in [5, 5.41) is 9.66. The molecule has 1 aromatic carbocycles. The van der Waals surface area contributed by atoms with Gasteiger partial charge in [0.15, 0.2) is 0 Å². The molecule has 0 spiro atoms. The number of hydrogen-bond acceptors (Lipinski definition) is 5. The summed E-state index contributed by atoms with van der Waals surface area (Å²) in [6, 6.07) is 11.6. The van der Waals surface area contributed by atoms with Crippen LogP contribution < -0.4 is 15.8 Å². The van der Waals surface area contributed by atoms with E-state index in [0.717, 1.165) is 36.9 Å². The zero-order chi connectivity index (χ0) is 22.1. The van der Waals surface area contributed by atoms with Crippen LogP contribution in [0.1, 0.15) is 24.4 Å². The molecule has 0 bridgehead atoms. The third kappa shape index (κ3) is 5.44. The summed E-state index contributed by atoms with van der Waals surface area (Å²) >= 11 is 12.1. The maximum atomic E-state index is 12.9. The molecule has 4 aromatic rings. The Morgan fingerprint density at radius 3 is 2.47 bits per heavy atom. The Morgan fingerprint density at radius 1 is 1.03 bits per heavy atom. The van der Waals surface area contributed by atoms with E-state index >= 15 is 0 Å². The van der Waals surface area contributed by atoms with Crippen LogP contribution in [0.5, 0.6) is 0 Å². The van der Waals surface area contributed by atoms with Crippen molar-refractivity contribution in [2.45, 2.75) is 25.4 Å². The molecule has 0 unspecified atom stereocenters. The first-order valence-electron chi connectivity index (χ1n) is 10.5. The highest BCUT2D eigenvalue weighted by molar-refractivity contribution is 6.42. The lowest BCUT2D eigenvalue weighted by Crippen LogP contribution is -2.35. The fourth-order valence-corrected chi connectivity index (χ4v) is 4.55. The molecule has 0 radical (unpaired) electrons. The van der Waals surface area contributed by atoms with Gasteiger partial charge in [-0.15, -0.1) is 24.8 Å². The zero-order valence-corrected chi connectivity index (χ0v) is 21.2. The Labute approximate surface area is 219 Å². The molecular weight excluding hydrogens is 518 g/mol. The summed E-state index contributed by atoms with van der Waals surface area (Å²) in [6.07, 6.45) is 7.25. The molecule has 4 heterocycles. The lowest BCUT2D eigenvalue weighted by molar-refractivity contribution is 0.375. The number of pyridine rings is 2. The first-order chi connectivity index (χ1) is 15.6. The predicted octanol–water partition coefficient (Wildman–Crippen LogP) is 5.72.